The summed E-state index contributed by atoms with van der Waals surface area (Å²) in [5.74, 6) is -0.117. The van der Waals surface area contributed by atoms with Crippen molar-refractivity contribution in [3.05, 3.63) is 35.9 Å². The van der Waals surface area contributed by atoms with Gasteiger partial charge in [0, 0.05) is 6.61 Å². The summed E-state index contributed by atoms with van der Waals surface area (Å²) < 4.78 is 38.9. The van der Waals surface area contributed by atoms with Gasteiger partial charge in [-0.25, -0.2) is 0 Å². The number of unbranched alkanes of at least 4 members (excludes halogenated alkanes) is 1. The Morgan fingerprint density at radius 1 is 0.905 bits per heavy atom. The first-order chi connectivity index (χ1) is 10.1. The fourth-order valence-corrected chi connectivity index (χ4v) is 2.61. The van der Waals surface area contributed by atoms with Crippen molar-refractivity contribution in [3.63, 3.8) is 0 Å². The molecule has 0 aliphatic carbocycles. The maximum absolute atomic E-state index is 11.7. The van der Waals surface area contributed by atoms with E-state index in [0.717, 1.165) is 19.4 Å². The summed E-state index contributed by atoms with van der Waals surface area (Å²) >= 11 is 0. The van der Waals surface area contributed by atoms with Crippen LogP contribution in [0.25, 0.3) is 0 Å². The fraction of sp³-hybridized carbons (Fsp3) is 0.600. The number of benzene rings is 1. The van der Waals surface area contributed by atoms with Gasteiger partial charge in [0.25, 0.3) is 10.1 Å². The first-order valence-electron chi connectivity index (χ1n) is 7.20. The summed E-state index contributed by atoms with van der Waals surface area (Å²) in [6.07, 6.45) is 2.15. The Morgan fingerprint density at radius 3 is 2.19 bits per heavy atom. The van der Waals surface area contributed by atoms with Crippen LogP contribution in [0.5, 0.6) is 0 Å². The van der Waals surface area contributed by atoms with E-state index in [0.29, 0.717) is 18.8 Å². The quantitative estimate of drug-likeness (QED) is 0.437. The zero-order chi connectivity index (χ0) is 15.4. The highest BCUT2D eigenvalue weighted by atomic mass is 32.2. The Morgan fingerprint density at radius 2 is 1.52 bits per heavy atom. The van der Waals surface area contributed by atoms with Gasteiger partial charge >= 0.3 is 0 Å². The molecule has 6 heteroatoms. The molecule has 0 amide bonds. The van der Waals surface area contributed by atoms with Crippen molar-refractivity contribution in [2.45, 2.75) is 25.5 Å². The number of rotatable bonds is 12. The van der Waals surface area contributed by atoms with E-state index in [2.05, 4.69) is 6.92 Å². The van der Waals surface area contributed by atoms with Gasteiger partial charge in [0.05, 0.1) is 26.4 Å². The molecule has 0 radical (unpaired) electrons. The third-order valence-corrected chi connectivity index (χ3v) is 3.90. The van der Waals surface area contributed by atoms with Gasteiger partial charge in [-0.1, -0.05) is 43.7 Å². The first kappa shape index (κ1) is 18.1. The number of hydrogen-bond donors (Lipinski definition) is 0. The Hall–Kier alpha value is -0.950. The molecule has 0 bridgehead atoms. The summed E-state index contributed by atoms with van der Waals surface area (Å²) in [7, 11) is -3.55. The second-order valence-corrected chi connectivity index (χ2v) is 6.23. The van der Waals surface area contributed by atoms with Gasteiger partial charge in [0.2, 0.25) is 0 Å². The summed E-state index contributed by atoms with van der Waals surface area (Å²) in [6, 6.07) is 8.95. The maximum atomic E-state index is 11.7. The lowest BCUT2D eigenvalue weighted by atomic mass is 10.2. The molecule has 1 aromatic carbocycles. The topological polar surface area (TPSA) is 61.8 Å². The van der Waals surface area contributed by atoms with Crippen LogP contribution in [-0.4, -0.2) is 41.5 Å². The highest BCUT2D eigenvalue weighted by molar-refractivity contribution is 7.85. The Labute approximate surface area is 127 Å². The molecule has 0 spiro atoms. The Balaban J connectivity index is 2.06. The normalized spacial score (nSPS) is 11.7. The molecule has 0 atom stereocenters. The maximum Gasteiger partial charge on any atom is 0.271 e. The van der Waals surface area contributed by atoms with E-state index in [1.54, 1.807) is 24.3 Å². The van der Waals surface area contributed by atoms with Crippen LogP contribution in [0, 0.1) is 0 Å². The van der Waals surface area contributed by atoms with E-state index in [4.69, 9.17) is 13.7 Å². The average molecular weight is 316 g/mol. The molecule has 1 rings (SSSR count). The molecule has 0 N–H and O–H groups in total. The molecule has 120 valence electrons. The van der Waals surface area contributed by atoms with E-state index in [-0.39, 0.29) is 19.0 Å². The summed E-state index contributed by atoms with van der Waals surface area (Å²) in [5.41, 5.74) is 0.711. The lowest BCUT2D eigenvalue weighted by Gasteiger charge is -2.07. The van der Waals surface area contributed by atoms with E-state index in [1.165, 1.54) is 0 Å². The highest BCUT2D eigenvalue weighted by Gasteiger charge is 2.11. The van der Waals surface area contributed by atoms with Crippen LogP contribution >= 0.6 is 0 Å². The van der Waals surface area contributed by atoms with E-state index in [9.17, 15) is 8.42 Å². The fourth-order valence-electron chi connectivity index (χ4n) is 1.61. The van der Waals surface area contributed by atoms with Crippen molar-refractivity contribution in [3.8, 4) is 0 Å². The number of hydrogen-bond acceptors (Lipinski definition) is 5. The van der Waals surface area contributed by atoms with Gasteiger partial charge in [0.15, 0.2) is 0 Å². The lowest BCUT2D eigenvalue weighted by molar-refractivity contribution is 0.0363. The van der Waals surface area contributed by atoms with Crippen LogP contribution in [0.15, 0.2) is 30.3 Å². The van der Waals surface area contributed by atoms with Gasteiger partial charge in [0.1, 0.15) is 5.75 Å². The highest BCUT2D eigenvalue weighted by Crippen LogP contribution is 2.06. The summed E-state index contributed by atoms with van der Waals surface area (Å²) in [4.78, 5) is 0. The minimum absolute atomic E-state index is 0.0319. The van der Waals surface area contributed by atoms with Gasteiger partial charge in [-0.3, -0.25) is 4.18 Å². The van der Waals surface area contributed by atoms with Crippen LogP contribution in [0.3, 0.4) is 0 Å². The lowest BCUT2D eigenvalue weighted by Crippen LogP contribution is -2.14. The second-order valence-electron chi connectivity index (χ2n) is 4.59. The molecular weight excluding hydrogens is 292 g/mol. The molecule has 1 aromatic rings. The zero-order valence-electron chi connectivity index (χ0n) is 12.5. The van der Waals surface area contributed by atoms with Crippen molar-refractivity contribution in [2.24, 2.45) is 0 Å². The molecule has 0 heterocycles. The minimum Gasteiger partial charge on any atom is -0.379 e. The van der Waals surface area contributed by atoms with Crippen LogP contribution in [0.1, 0.15) is 25.3 Å². The predicted octanol–water partition coefficient (Wildman–Crippen LogP) is 2.37. The van der Waals surface area contributed by atoms with Crippen LogP contribution < -0.4 is 0 Å². The molecule has 0 aliphatic rings. The SMILES string of the molecule is CCCCOCCOCCOS(=O)(=O)Cc1ccccc1. The minimum atomic E-state index is -3.55. The largest absolute Gasteiger partial charge is 0.379 e. The molecule has 0 saturated carbocycles. The zero-order valence-corrected chi connectivity index (χ0v) is 13.3. The molecular formula is C15H24O5S. The monoisotopic (exact) mass is 316 g/mol. The molecule has 0 fully saturated rings. The van der Waals surface area contributed by atoms with Crippen LogP contribution in [0.2, 0.25) is 0 Å². The molecule has 0 aromatic heterocycles. The molecule has 0 saturated heterocycles. The first-order valence-corrected chi connectivity index (χ1v) is 8.78. The Bertz CT molecular complexity index is 458. The molecule has 0 aliphatic heterocycles. The molecule has 5 nitrogen and oxygen atoms in total. The third kappa shape index (κ3) is 9.57. The van der Waals surface area contributed by atoms with E-state index < -0.39 is 10.1 Å². The molecule has 21 heavy (non-hydrogen) atoms. The predicted molar refractivity (Wildman–Crippen MR) is 81.6 cm³/mol. The van der Waals surface area contributed by atoms with E-state index in [1.807, 2.05) is 6.07 Å². The molecule has 0 unspecified atom stereocenters. The van der Waals surface area contributed by atoms with Crippen molar-refractivity contribution < 1.29 is 22.1 Å². The van der Waals surface area contributed by atoms with Crippen LogP contribution in [-0.2, 0) is 29.5 Å². The van der Waals surface area contributed by atoms with Crippen molar-refractivity contribution in [2.75, 3.05) is 33.0 Å². The van der Waals surface area contributed by atoms with Gasteiger partial charge < -0.3 is 9.47 Å². The smallest absolute Gasteiger partial charge is 0.271 e. The van der Waals surface area contributed by atoms with E-state index >= 15 is 0 Å². The van der Waals surface area contributed by atoms with Crippen molar-refractivity contribution in [1.29, 1.82) is 0 Å². The van der Waals surface area contributed by atoms with Gasteiger partial charge in [-0.2, -0.15) is 8.42 Å². The number of ether oxygens (including phenoxy) is 2. The average Bonchev–Trinajstić information content (AvgIpc) is 2.46. The third-order valence-electron chi connectivity index (χ3n) is 2.69. The van der Waals surface area contributed by atoms with Gasteiger partial charge in [-0.15, -0.1) is 0 Å². The standard InChI is InChI=1S/C15H24O5S/c1-2-3-9-18-10-11-19-12-13-20-21(16,17)14-15-7-5-4-6-8-15/h4-8H,2-3,9-14H2,1H3. The second kappa shape index (κ2) is 10.7. The van der Waals surface area contributed by atoms with Crippen LogP contribution in [0.4, 0.5) is 0 Å². The van der Waals surface area contributed by atoms with Crippen molar-refractivity contribution >= 4 is 10.1 Å². The van der Waals surface area contributed by atoms with Crippen molar-refractivity contribution in [1.82, 2.24) is 0 Å². The van der Waals surface area contributed by atoms with Gasteiger partial charge in [-0.05, 0) is 12.0 Å². The summed E-state index contributed by atoms with van der Waals surface area (Å²) in [5, 5.41) is 0. The summed E-state index contributed by atoms with van der Waals surface area (Å²) in [6.45, 7) is 4.09. The Kier molecular flexibility index (Phi) is 9.25.